The van der Waals surface area contributed by atoms with Gasteiger partial charge in [-0.05, 0) is 46.2 Å². The molecule has 29 heavy (non-hydrogen) atoms. The van der Waals surface area contributed by atoms with Gasteiger partial charge in [-0.1, -0.05) is 30.3 Å². The van der Waals surface area contributed by atoms with Gasteiger partial charge in [0.1, 0.15) is 5.76 Å². The number of aliphatic imine (C=N–C) groups is 1. The Morgan fingerprint density at radius 3 is 2.48 bits per heavy atom. The molecule has 2 rings (SSSR count). The summed E-state index contributed by atoms with van der Waals surface area (Å²) in [5, 5.41) is 10.8. The van der Waals surface area contributed by atoms with E-state index in [4.69, 9.17) is 9.52 Å². The third-order valence-electron chi connectivity index (χ3n) is 4.85. The van der Waals surface area contributed by atoms with Gasteiger partial charge in [0.2, 0.25) is 0 Å². The molecule has 0 aliphatic heterocycles. The molecule has 0 spiro atoms. The Morgan fingerprint density at radius 1 is 1.17 bits per heavy atom. The molecule has 0 amide bonds. The summed E-state index contributed by atoms with van der Waals surface area (Å²) in [7, 11) is 0. The van der Waals surface area contributed by atoms with Gasteiger partial charge in [0.25, 0.3) is 0 Å². The third kappa shape index (κ3) is 7.87. The summed E-state index contributed by atoms with van der Waals surface area (Å²) in [6.45, 7) is 14.8. The van der Waals surface area contributed by atoms with Crippen LogP contribution in [-0.2, 0) is 0 Å². The average molecular weight is 513 g/mol. The molecule has 0 fully saturated rings. The van der Waals surface area contributed by atoms with E-state index in [-0.39, 0.29) is 29.9 Å². The van der Waals surface area contributed by atoms with Gasteiger partial charge >= 0.3 is 0 Å². The first-order valence-corrected chi connectivity index (χ1v) is 10.3. The number of aromatic nitrogens is 1. The highest BCUT2D eigenvalue weighted by Crippen LogP contribution is 2.23. The van der Waals surface area contributed by atoms with Crippen molar-refractivity contribution in [1.29, 1.82) is 0 Å². The van der Waals surface area contributed by atoms with Crippen molar-refractivity contribution in [2.24, 2.45) is 4.99 Å². The zero-order chi connectivity index (χ0) is 20.4. The first kappa shape index (κ1) is 25.3. The molecule has 6 nitrogen and oxygen atoms in total. The smallest absolute Gasteiger partial charge is 0.191 e. The minimum atomic E-state index is 0. The molecule has 2 N–H and O–H groups in total. The lowest BCUT2D eigenvalue weighted by Crippen LogP contribution is -2.39. The van der Waals surface area contributed by atoms with E-state index < -0.39 is 0 Å². The Bertz CT molecular complexity index is 713. The number of benzene rings is 1. The molecule has 1 aromatic carbocycles. The summed E-state index contributed by atoms with van der Waals surface area (Å²) in [6.07, 6.45) is 1.05. The van der Waals surface area contributed by atoms with Crippen LogP contribution in [0.1, 0.15) is 50.1 Å². The van der Waals surface area contributed by atoms with E-state index in [1.165, 1.54) is 11.3 Å². The van der Waals surface area contributed by atoms with Crippen LogP contribution in [0.25, 0.3) is 0 Å². The summed E-state index contributed by atoms with van der Waals surface area (Å²) in [4.78, 5) is 7.15. The first-order valence-electron chi connectivity index (χ1n) is 10.3. The van der Waals surface area contributed by atoms with Crippen LogP contribution in [0.15, 0.2) is 39.8 Å². The van der Waals surface area contributed by atoms with E-state index in [0.29, 0.717) is 6.54 Å². The maximum absolute atomic E-state index is 5.29. The largest absolute Gasteiger partial charge is 0.372 e. The van der Waals surface area contributed by atoms with Crippen LogP contribution in [0.4, 0.5) is 5.69 Å². The van der Waals surface area contributed by atoms with Crippen LogP contribution < -0.4 is 15.5 Å². The second-order valence-corrected chi connectivity index (χ2v) is 7.05. The van der Waals surface area contributed by atoms with E-state index in [1.54, 1.807) is 0 Å². The maximum Gasteiger partial charge on any atom is 0.191 e. The molecular formula is C22H36IN5O. The standard InChI is InChI=1S/C22H35N5O.HI/c1-6-23-22(25-16-17(3)21-18(4)26-28-19(21)5)24-14-11-15-27(7-2)20-12-9-8-10-13-20;/h8-10,12-13,17H,6-7,11,14-16H2,1-5H3,(H2,23,24,25);1H. The minimum absolute atomic E-state index is 0. The van der Waals surface area contributed by atoms with Crippen LogP contribution in [0, 0.1) is 13.8 Å². The number of aryl methyl sites for hydroxylation is 2. The highest BCUT2D eigenvalue weighted by atomic mass is 127. The number of hydrogen-bond donors (Lipinski definition) is 2. The molecule has 0 saturated carbocycles. The van der Waals surface area contributed by atoms with Crippen LogP contribution in [0.3, 0.4) is 0 Å². The Kier molecular flexibility index (Phi) is 11.7. The Labute approximate surface area is 192 Å². The zero-order valence-electron chi connectivity index (χ0n) is 18.4. The zero-order valence-corrected chi connectivity index (χ0v) is 20.7. The number of hydrogen-bond acceptors (Lipinski definition) is 4. The predicted octanol–water partition coefficient (Wildman–Crippen LogP) is 4.48. The van der Waals surface area contributed by atoms with Crippen LogP contribution in [0.5, 0.6) is 0 Å². The summed E-state index contributed by atoms with van der Waals surface area (Å²) >= 11 is 0. The molecule has 0 aliphatic carbocycles. The van der Waals surface area contributed by atoms with Crippen molar-refractivity contribution in [2.75, 3.05) is 37.6 Å². The highest BCUT2D eigenvalue weighted by Gasteiger charge is 2.16. The molecule has 1 atom stereocenters. The average Bonchev–Trinajstić information content (AvgIpc) is 3.04. The Balaban J connectivity index is 0.00000420. The lowest BCUT2D eigenvalue weighted by Gasteiger charge is -2.23. The van der Waals surface area contributed by atoms with Gasteiger partial charge in [-0.25, -0.2) is 0 Å². The van der Waals surface area contributed by atoms with Crippen molar-refractivity contribution in [3.63, 3.8) is 0 Å². The number of anilines is 1. The predicted molar refractivity (Wildman–Crippen MR) is 133 cm³/mol. The normalized spacial score (nSPS) is 12.2. The van der Waals surface area contributed by atoms with Crippen molar-refractivity contribution in [2.45, 2.75) is 47.0 Å². The van der Waals surface area contributed by atoms with Crippen molar-refractivity contribution >= 4 is 35.6 Å². The van der Waals surface area contributed by atoms with Crippen LogP contribution in [-0.4, -0.2) is 43.8 Å². The van der Waals surface area contributed by atoms with Gasteiger partial charge < -0.3 is 20.1 Å². The molecular weight excluding hydrogens is 477 g/mol. The molecule has 0 radical (unpaired) electrons. The van der Waals surface area contributed by atoms with Crippen molar-refractivity contribution in [1.82, 2.24) is 15.8 Å². The van der Waals surface area contributed by atoms with Crippen molar-refractivity contribution in [3.8, 4) is 0 Å². The number of nitrogens with one attached hydrogen (secondary N) is 2. The summed E-state index contributed by atoms with van der Waals surface area (Å²) in [5.41, 5.74) is 3.40. The second-order valence-electron chi connectivity index (χ2n) is 7.05. The molecule has 162 valence electrons. The topological polar surface area (TPSA) is 65.7 Å². The van der Waals surface area contributed by atoms with Crippen molar-refractivity contribution in [3.05, 3.63) is 47.3 Å². The van der Waals surface area contributed by atoms with Gasteiger partial charge in [0.05, 0.1) is 5.69 Å². The van der Waals surface area contributed by atoms with E-state index >= 15 is 0 Å². The molecule has 1 aromatic heterocycles. The SMILES string of the molecule is CCNC(=NCC(C)c1c(C)noc1C)NCCCN(CC)c1ccccc1.I. The fourth-order valence-electron chi connectivity index (χ4n) is 3.44. The molecule has 0 saturated heterocycles. The van der Waals surface area contributed by atoms with E-state index in [1.807, 2.05) is 13.8 Å². The number of para-hydroxylation sites is 1. The molecule has 2 aromatic rings. The Morgan fingerprint density at radius 2 is 1.90 bits per heavy atom. The first-order chi connectivity index (χ1) is 13.6. The van der Waals surface area contributed by atoms with Gasteiger partial charge in [0, 0.05) is 49.9 Å². The van der Waals surface area contributed by atoms with Crippen LogP contribution >= 0.6 is 24.0 Å². The lowest BCUT2D eigenvalue weighted by molar-refractivity contribution is 0.391. The summed E-state index contributed by atoms with van der Waals surface area (Å²) in [5.74, 6) is 2.03. The highest BCUT2D eigenvalue weighted by molar-refractivity contribution is 14.0. The Hall–Kier alpha value is -1.77. The molecule has 1 heterocycles. The number of rotatable bonds is 10. The summed E-state index contributed by atoms with van der Waals surface area (Å²) < 4.78 is 5.29. The maximum atomic E-state index is 5.29. The number of guanidine groups is 1. The van der Waals surface area contributed by atoms with E-state index in [0.717, 1.165) is 50.0 Å². The number of halogens is 1. The number of nitrogens with zero attached hydrogens (tertiary/aromatic N) is 3. The van der Waals surface area contributed by atoms with E-state index in [2.05, 4.69) is 71.8 Å². The second kappa shape index (κ2) is 13.5. The lowest BCUT2D eigenvalue weighted by atomic mass is 10.00. The van der Waals surface area contributed by atoms with Gasteiger partial charge in [-0.3, -0.25) is 4.99 Å². The molecule has 7 heteroatoms. The van der Waals surface area contributed by atoms with Gasteiger partial charge in [-0.15, -0.1) is 24.0 Å². The molecule has 0 aliphatic rings. The third-order valence-corrected chi connectivity index (χ3v) is 4.85. The summed E-state index contributed by atoms with van der Waals surface area (Å²) in [6, 6.07) is 10.6. The quantitative estimate of drug-likeness (QED) is 0.212. The van der Waals surface area contributed by atoms with Crippen molar-refractivity contribution < 1.29 is 4.52 Å². The minimum Gasteiger partial charge on any atom is -0.372 e. The fraction of sp³-hybridized carbons (Fsp3) is 0.545. The van der Waals surface area contributed by atoms with E-state index in [9.17, 15) is 0 Å². The fourth-order valence-corrected chi connectivity index (χ4v) is 3.44. The van der Waals surface area contributed by atoms with Gasteiger partial charge in [0.15, 0.2) is 5.96 Å². The molecule has 1 unspecified atom stereocenters. The monoisotopic (exact) mass is 513 g/mol. The van der Waals surface area contributed by atoms with Crippen LogP contribution in [0.2, 0.25) is 0 Å². The molecule has 0 bridgehead atoms. The van der Waals surface area contributed by atoms with Gasteiger partial charge in [-0.2, -0.15) is 0 Å².